The van der Waals surface area contributed by atoms with E-state index in [4.69, 9.17) is 4.98 Å². The molecule has 5 N–H and O–H groups in total. The maximum Gasteiger partial charge on any atom is 0.303 e. The summed E-state index contributed by atoms with van der Waals surface area (Å²) in [5.41, 5.74) is 6.55. The number of H-pyrrole nitrogens is 1. The average Bonchev–Trinajstić information content (AvgIpc) is 3.59. The van der Waals surface area contributed by atoms with Crippen LogP contribution in [-0.4, -0.2) is 50.0 Å². The van der Waals surface area contributed by atoms with Gasteiger partial charge >= 0.3 is 11.9 Å². The van der Waals surface area contributed by atoms with E-state index >= 15 is 0 Å². The molecule has 2 aliphatic heterocycles. The van der Waals surface area contributed by atoms with Crippen molar-refractivity contribution in [3.8, 4) is 0 Å². The Bertz CT molecular complexity index is 1650. The van der Waals surface area contributed by atoms with Crippen molar-refractivity contribution in [3.05, 3.63) is 67.6 Å². The monoisotopic (exact) mass is 588 g/mol. The molecular formula is C33H40N4O6-2. The molecule has 0 aliphatic carbocycles. The standard InChI is InChI=1S/C33H40N4O6/c1-7-20-19(6)32(42)37-27(20)14-25-18(5)23(10-12-31(40)41)29(35-25)15-28-22(9-11-30(38)39)17(4)24(34-28)13-26-16(3)21(8-2)33(43)36-26/h8,13-15,19-20,27,35H,7,9-12H2,1-6H3,(H,36,43)(H,37,42)(H,38,39)(H,40,41)/q-2/b25-14-,26-13-,29-15-/t19-,20-,27?/m1/s1. The highest BCUT2D eigenvalue weighted by atomic mass is 16.4. The number of nitrogens with zero attached hydrogens (tertiary/aromatic N) is 1. The van der Waals surface area contributed by atoms with Gasteiger partial charge in [0.1, 0.15) is 5.91 Å². The molecule has 1 unspecified atom stereocenters. The summed E-state index contributed by atoms with van der Waals surface area (Å²) in [6.45, 7) is 11.5. The van der Waals surface area contributed by atoms with E-state index in [2.05, 4.69) is 22.5 Å². The van der Waals surface area contributed by atoms with Crippen LogP contribution in [0.15, 0.2) is 16.8 Å². The molecule has 1 saturated heterocycles. The van der Waals surface area contributed by atoms with Gasteiger partial charge in [0.2, 0.25) is 5.91 Å². The molecule has 2 aromatic heterocycles. The van der Waals surface area contributed by atoms with E-state index in [-0.39, 0.29) is 55.4 Å². The quantitative estimate of drug-likeness (QED) is 0.252. The lowest BCUT2D eigenvalue weighted by Crippen LogP contribution is -2.29. The molecule has 1 fully saturated rings. The van der Waals surface area contributed by atoms with Crippen molar-refractivity contribution in [2.24, 2.45) is 11.8 Å². The number of carboxylic acids is 2. The Morgan fingerprint density at radius 2 is 1.74 bits per heavy atom. The second-order valence-corrected chi connectivity index (χ2v) is 11.4. The molecule has 10 nitrogen and oxygen atoms in total. The zero-order valence-corrected chi connectivity index (χ0v) is 25.6. The summed E-state index contributed by atoms with van der Waals surface area (Å²) in [6.07, 6.45) is 8.66. The number of carbonyl (C=O) groups excluding carboxylic acids is 2. The minimum atomic E-state index is -0.926. The molecule has 0 spiro atoms. The molecule has 0 radical (unpaired) electrons. The summed E-state index contributed by atoms with van der Waals surface area (Å²) in [5.74, 6) is -1.96. The van der Waals surface area contributed by atoms with Crippen LogP contribution in [0.5, 0.6) is 0 Å². The number of hydrogen-bond donors (Lipinski definition) is 5. The van der Waals surface area contributed by atoms with Gasteiger partial charge in [0, 0.05) is 29.5 Å². The first kappa shape index (κ1) is 31.5. The van der Waals surface area contributed by atoms with Gasteiger partial charge < -0.3 is 35.6 Å². The van der Waals surface area contributed by atoms with Gasteiger partial charge in [-0.05, 0) is 48.6 Å². The van der Waals surface area contributed by atoms with Crippen LogP contribution in [0.2, 0.25) is 0 Å². The van der Waals surface area contributed by atoms with Crippen LogP contribution in [0.1, 0.15) is 80.6 Å². The molecule has 0 saturated carbocycles. The molecule has 43 heavy (non-hydrogen) atoms. The molecule has 10 heteroatoms. The maximum absolute atomic E-state index is 12.4. The fraction of sp³-hybridized carbons (Fsp3) is 0.424. The Balaban J connectivity index is 1.88. The predicted octanol–water partition coefficient (Wildman–Crippen LogP) is 2.56. The van der Waals surface area contributed by atoms with Crippen LogP contribution in [-0.2, 0) is 32.0 Å². The molecule has 2 aromatic rings. The van der Waals surface area contributed by atoms with E-state index in [1.165, 1.54) is 0 Å². The van der Waals surface area contributed by atoms with E-state index in [1.807, 2.05) is 39.8 Å². The normalized spacial score (nSPS) is 22.1. The summed E-state index contributed by atoms with van der Waals surface area (Å²) in [6, 6.07) is -0.156. The summed E-state index contributed by atoms with van der Waals surface area (Å²) in [7, 11) is 0. The number of allylic oxidation sites excluding steroid dienone is 1. The first-order valence-electron chi connectivity index (χ1n) is 14.7. The number of aliphatic carboxylic acids is 2. The van der Waals surface area contributed by atoms with Gasteiger partial charge in [0.05, 0.1) is 6.04 Å². The second kappa shape index (κ2) is 12.8. The highest BCUT2D eigenvalue weighted by molar-refractivity contribution is 6.03. The third kappa shape index (κ3) is 6.48. The molecule has 4 rings (SSSR count). The molecule has 0 aromatic carbocycles. The molecule has 230 valence electrons. The third-order valence-corrected chi connectivity index (χ3v) is 8.81. The van der Waals surface area contributed by atoms with E-state index in [0.29, 0.717) is 28.0 Å². The lowest BCUT2D eigenvalue weighted by atomic mass is 9.89. The lowest BCUT2D eigenvalue weighted by molar-refractivity contribution is -0.138. The minimum absolute atomic E-state index is 0.0175. The van der Waals surface area contributed by atoms with Crippen molar-refractivity contribution >= 4 is 42.0 Å². The number of rotatable bonds is 11. The van der Waals surface area contributed by atoms with Gasteiger partial charge in [0.15, 0.2) is 0 Å². The number of nitrogens with one attached hydrogen (secondary N) is 3. The van der Waals surface area contributed by atoms with E-state index in [9.17, 15) is 29.4 Å². The number of amides is 2. The van der Waals surface area contributed by atoms with Crippen LogP contribution < -0.4 is 21.3 Å². The van der Waals surface area contributed by atoms with Crippen molar-refractivity contribution in [1.29, 1.82) is 0 Å². The SMILES string of the molecule is C[CH-]C1=C(C)/C(=C/c2nc(/C=c3\[nH]/c(=C\C4NC(=O)[C@H](C)[C@H]4CC)c(C)c3CCC(=O)O)c(CCC(=O)O)[c-]2C)NC1=O. The number of aromatic nitrogens is 2. The molecule has 0 bridgehead atoms. The molecule has 2 aliphatic rings. The number of carboxylic acid groups (broad SMARTS) is 2. The highest BCUT2D eigenvalue weighted by Crippen LogP contribution is 2.29. The minimum Gasteiger partial charge on any atom is -0.481 e. The molecular weight excluding hydrogens is 548 g/mol. The van der Waals surface area contributed by atoms with Crippen molar-refractivity contribution in [2.45, 2.75) is 79.7 Å². The number of hydrogen-bond acceptors (Lipinski definition) is 5. The van der Waals surface area contributed by atoms with Gasteiger partial charge in [-0.1, -0.05) is 58.5 Å². The number of aromatic amines is 1. The summed E-state index contributed by atoms with van der Waals surface area (Å²) in [5, 5.41) is 26.3. The Labute approximate surface area is 251 Å². The van der Waals surface area contributed by atoms with Gasteiger partial charge in [-0.2, -0.15) is 6.42 Å². The Morgan fingerprint density at radius 3 is 2.35 bits per heavy atom. The highest BCUT2D eigenvalue weighted by Gasteiger charge is 2.36. The van der Waals surface area contributed by atoms with Gasteiger partial charge in [0.25, 0.3) is 0 Å². The molecule has 2 amide bonds. The number of carbonyl (C=O) groups is 4. The largest absolute Gasteiger partial charge is 0.481 e. The Morgan fingerprint density at radius 1 is 1.07 bits per heavy atom. The first-order chi connectivity index (χ1) is 20.4. The van der Waals surface area contributed by atoms with Crippen LogP contribution in [0.25, 0.3) is 18.2 Å². The third-order valence-electron chi connectivity index (χ3n) is 8.81. The first-order valence-corrected chi connectivity index (χ1v) is 14.7. The van der Waals surface area contributed by atoms with Crippen LogP contribution >= 0.6 is 0 Å². The van der Waals surface area contributed by atoms with Crippen LogP contribution in [0, 0.1) is 32.1 Å². The maximum atomic E-state index is 12.4. The fourth-order valence-electron chi connectivity index (χ4n) is 6.18. The smallest absolute Gasteiger partial charge is 0.303 e. The summed E-state index contributed by atoms with van der Waals surface area (Å²) >= 11 is 0. The van der Waals surface area contributed by atoms with Crippen LogP contribution in [0.4, 0.5) is 0 Å². The summed E-state index contributed by atoms with van der Waals surface area (Å²) in [4.78, 5) is 56.1. The Kier molecular flexibility index (Phi) is 9.37. The van der Waals surface area contributed by atoms with E-state index < -0.39 is 11.9 Å². The second-order valence-electron chi connectivity index (χ2n) is 11.4. The fourth-order valence-corrected chi connectivity index (χ4v) is 6.18. The van der Waals surface area contributed by atoms with Crippen molar-refractivity contribution in [3.63, 3.8) is 0 Å². The van der Waals surface area contributed by atoms with Crippen molar-refractivity contribution in [1.82, 2.24) is 20.6 Å². The van der Waals surface area contributed by atoms with Crippen molar-refractivity contribution < 1.29 is 29.4 Å². The van der Waals surface area contributed by atoms with Gasteiger partial charge in [-0.3, -0.25) is 14.4 Å². The van der Waals surface area contributed by atoms with E-state index in [0.717, 1.165) is 39.6 Å². The average molecular weight is 589 g/mol. The lowest BCUT2D eigenvalue weighted by Gasteiger charge is -2.15. The molecule has 3 atom stereocenters. The van der Waals surface area contributed by atoms with Gasteiger partial charge in [-0.15, -0.1) is 28.3 Å². The topological polar surface area (TPSA) is 161 Å². The van der Waals surface area contributed by atoms with Gasteiger partial charge in [-0.25, -0.2) is 0 Å². The summed E-state index contributed by atoms with van der Waals surface area (Å²) < 4.78 is 0. The van der Waals surface area contributed by atoms with Crippen molar-refractivity contribution in [2.75, 3.05) is 0 Å². The zero-order valence-electron chi connectivity index (χ0n) is 25.6. The van der Waals surface area contributed by atoms with Crippen LogP contribution in [0.3, 0.4) is 0 Å². The zero-order chi connectivity index (χ0) is 31.6. The van der Waals surface area contributed by atoms with E-state index in [1.54, 1.807) is 19.4 Å². The predicted molar refractivity (Wildman–Crippen MR) is 163 cm³/mol. The Hall–Kier alpha value is -4.47. The molecule has 4 heterocycles.